The van der Waals surface area contributed by atoms with E-state index in [1.165, 1.54) is 26.6 Å². The molecule has 0 amide bonds. The largest absolute Gasteiger partial charge is 0.481 e. The molecule has 0 saturated carbocycles. The second-order valence-electron chi connectivity index (χ2n) is 3.56. The van der Waals surface area contributed by atoms with E-state index in [4.69, 9.17) is 27.8 Å². The minimum atomic E-state index is -0.745. The summed E-state index contributed by atoms with van der Waals surface area (Å²) in [6, 6.07) is 0. The molecule has 4 N–H and O–H groups in total. The Bertz CT molecular complexity index is 628. The van der Waals surface area contributed by atoms with Crippen molar-refractivity contribution in [1.82, 2.24) is 9.97 Å². The summed E-state index contributed by atoms with van der Waals surface area (Å²) in [5.74, 6) is -0.609. The molecule has 0 aromatic carbocycles. The second-order valence-corrected chi connectivity index (χ2v) is 3.94. The van der Waals surface area contributed by atoms with E-state index in [0.717, 1.165) is 0 Å². The molecule has 0 fully saturated rings. The van der Waals surface area contributed by atoms with Gasteiger partial charge in [0, 0.05) is 12.4 Å². The maximum atomic E-state index is 11.6. The normalized spacial score (nSPS) is 11.5. The number of aromatic nitrogens is 2. The fourth-order valence-electron chi connectivity index (χ4n) is 1.20. The highest BCUT2D eigenvalue weighted by atomic mass is 35.5. The lowest BCUT2D eigenvalue weighted by molar-refractivity contribution is 0.0594. The van der Waals surface area contributed by atoms with Gasteiger partial charge < -0.3 is 20.9 Å². The zero-order valence-corrected chi connectivity index (χ0v) is 12.2. The van der Waals surface area contributed by atoms with Crippen molar-refractivity contribution in [3.8, 4) is 0 Å². The summed E-state index contributed by atoms with van der Waals surface area (Å²) in [6.07, 6.45) is 2.51. The third-order valence-electron chi connectivity index (χ3n) is 2.28. The van der Waals surface area contributed by atoms with Gasteiger partial charge in [-0.2, -0.15) is 0 Å². The summed E-state index contributed by atoms with van der Waals surface area (Å²) >= 11 is 5.87. The molecule has 9 heteroatoms. The van der Waals surface area contributed by atoms with Crippen molar-refractivity contribution in [3.63, 3.8) is 0 Å². The number of halogens is 1. The predicted molar refractivity (Wildman–Crippen MR) is 79.6 cm³/mol. The van der Waals surface area contributed by atoms with E-state index < -0.39 is 5.97 Å². The standard InChI is InChI=1S/C12H14ClN5O3/c1-6(20-2)16-5-7(4-14)11-17-9(12(19)21-3)8(13)10(15)18-11/h4-5H,1,14H2,2-3H3,(H2,15,17,18)/b7-4+,16-5?. The number of allylic oxidation sites excluding steroid dienone is 1. The number of anilines is 1. The lowest BCUT2D eigenvalue weighted by Gasteiger charge is -2.07. The van der Waals surface area contributed by atoms with E-state index in [1.807, 2.05) is 0 Å². The number of nitrogen functional groups attached to an aromatic ring is 1. The van der Waals surface area contributed by atoms with Gasteiger partial charge in [0.25, 0.3) is 0 Å². The number of hydrogen-bond acceptors (Lipinski definition) is 8. The van der Waals surface area contributed by atoms with Crippen LogP contribution in [-0.2, 0) is 9.47 Å². The fraction of sp³-hybridized carbons (Fsp3) is 0.167. The molecule has 0 aliphatic heterocycles. The van der Waals surface area contributed by atoms with Crippen LogP contribution in [0.3, 0.4) is 0 Å². The zero-order valence-electron chi connectivity index (χ0n) is 11.5. The summed E-state index contributed by atoms with van der Waals surface area (Å²) in [7, 11) is 2.61. The Labute approximate surface area is 126 Å². The van der Waals surface area contributed by atoms with Gasteiger partial charge in [-0.15, -0.1) is 0 Å². The second kappa shape index (κ2) is 7.25. The van der Waals surface area contributed by atoms with Gasteiger partial charge >= 0.3 is 5.97 Å². The molecule has 1 aromatic rings. The Balaban J connectivity index is 3.29. The highest BCUT2D eigenvalue weighted by Gasteiger charge is 2.19. The lowest BCUT2D eigenvalue weighted by Crippen LogP contribution is -2.12. The number of rotatable bonds is 5. The van der Waals surface area contributed by atoms with Crippen LogP contribution in [0, 0.1) is 0 Å². The van der Waals surface area contributed by atoms with Crippen LogP contribution in [-0.4, -0.2) is 36.4 Å². The quantitative estimate of drug-likeness (QED) is 0.471. The number of nitrogens with zero attached hydrogens (tertiary/aromatic N) is 3. The highest BCUT2D eigenvalue weighted by molar-refractivity contribution is 6.35. The van der Waals surface area contributed by atoms with Crippen LogP contribution in [0.2, 0.25) is 5.02 Å². The summed E-state index contributed by atoms with van der Waals surface area (Å²) in [4.78, 5) is 23.4. The summed E-state index contributed by atoms with van der Waals surface area (Å²) in [5.41, 5.74) is 11.3. The van der Waals surface area contributed by atoms with Crippen LogP contribution in [0.5, 0.6) is 0 Å². The first kappa shape index (κ1) is 16.4. The number of methoxy groups -OCH3 is 2. The minimum absolute atomic E-state index is 0.0625. The number of esters is 1. The molecule has 0 atom stereocenters. The molecule has 0 saturated heterocycles. The molecule has 112 valence electrons. The summed E-state index contributed by atoms with van der Waals surface area (Å²) < 4.78 is 9.35. The lowest BCUT2D eigenvalue weighted by atomic mass is 10.2. The first-order valence-electron chi connectivity index (χ1n) is 5.55. The Morgan fingerprint density at radius 1 is 1.38 bits per heavy atom. The van der Waals surface area contributed by atoms with E-state index in [-0.39, 0.29) is 28.2 Å². The van der Waals surface area contributed by atoms with Crippen molar-refractivity contribution in [2.45, 2.75) is 0 Å². The number of carbonyl (C=O) groups is 1. The topological polar surface area (TPSA) is 126 Å². The minimum Gasteiger partial charge on any atom is -0.481 e. The molecule has 0 bridgehead atoms. The van der Waals surface area contributed by atoms with Crippen LogP contribution in [0.15, 0.2) is 23.7 Å². The molecule has 0 spiro atoms. The molecule has 0 radical (unpaired) electrons. The summed E-state index contributed by atoms with van der Waals surface area (Å²) in [6.45, 7) is 3.51. The number of hydrogen-bond donors (Lipinski definition) is 2. The molecule has 1 rings (SSSR count). The van der Waals surface area contributed by atoms with Gasteiger partial charge in [-0.1, -0.05) is 11.6 Å². The van der Waals surface area contributed by atoms with Crippen molar-refractivity contribution in [2.24, 2.45) is 10.7 Å². The third-order valence-corrected chi connectivity index (χ3v) is 2.65. The number of carbonyl (C=O) groups excluding carboxylic acids is 1. The van der Waals surface area contributed by atoms with Crippen LogP contribution in [0.25, 0.3) is 5.57 Å². The molecular formula is C12H14ClN5O3. The van der Waals surface area contributed by atoms with E-state index in [0.29, 0.717) is 5.57 Å². The van der Waals surface area contributed by atoms with Crippen LogP contribution >= 0.6 is 11.6 Å². The Hall–Kier alpha value is -2.61. The monoisotopic (exact) mass is 311 g/mol. The van der Waals surface area contributed by atoms with Gasteiger partial charge in [0.2, 0.25) is 5.88 Å². The van der Waals surface area contributed by atoms with Gasteiger partial charge in [-0.25, -0.2) is 19.8 Å². The molecule has 1 aromatic heterocycles. The molecule has 0 unspecified atom stereocenters. The number of ether oxygens (including phenoxy) is 2. The summed E-state index contributed by atoms with van der Waals surface area (Å²) in [5, 5.41) is -0.0970. The first-order chi connectivity index (χ1) is 9.94. The maximum absolute atomic E-state index is 11.6. The average molecular weight is 312 g/mol. The Kier molecular flexibility index (Phi) is 5.67. The molecule has 1 heterocycles. The molecule has 21 heavy (non-hydrogen) atoms. The zero-order chi connectivity index (χ0) is 16.0. The Morgan fingerprint density at radius 2 is 2.05 bits per heavy atom. The van der Waals surface area contributed by atoms with Gasteiger partial charge in [0.1, 0.15) is 10.8 Å². The fourth-order valence-corrected chi connectivity index (χ4v) is 1.36. The van der Waals surface area contributed by atoms with E-state index >= 15 is 0 Å². The highest BCUT2D eigenvalue weighted by Crippen LogP contribution is 2.22. The van der Waals surface area contributed by atoms with Gasteiger partial charge in [0.15, 0.2) is 11.5 Å². The SMILES string of the molecule is C=C(N=C/C(=C\N)c1nc(N)c(Cl)c(C(=O)OC)n1)OC. The van der Waals surface area contributed by atoms with Crippen molar-refractivity contribution >= 4 is 35.2 Å². The molecule has 0 aliphatic carbocycles. The smallest absolute Gasteiger partial charge is 0.358 e. The van der Waals surface area contributed by atoms with Crippen LogP contribution < -0.4 is 11.5 Å². The predicted octanol–water partition coefficient (Wildman–Crippen LogP) is 0.987. The average Bonchev–Trinajstić information content (AvgIpc) is 2.49. The van der Waals surface area contributed by atoms with Crippen LogP contribution in [0.4, 0.5) is 5.82 Å². The number of nitrogens with two attached hydrogens (primary N) is 2. The maximum Gasteiger partial charge on any atom is 0.358 e. The van der Waals surface area contributed by atoms with Crippen molar-refractivity contribution < 1.29 is 14.3 Å². The van der Waals surface area contributed by atoms with Gasteiger partial charge in [0.05, 0.1) is 19.8 Å². The van der Waals surface area contributed by atoms with E-state index in [2.05, 4.69) is 26.3 Å². The number of aliphatic imine (C=N–C) groups is 1. The third kappa shape index (κ3) is 3.93. The molecule has 8 nitrogen and oxygen atoms in total. The van der Waals surface area contributed by atoms with E-state index in [9.17, 15) is 4.79 Å². The molecular weight excluding hydrogens is 298 g/mol. The van der Waals surface area contributed by atoms with E-state index in [1.54, 1.807) is 0 Å². The van der Waals surface area contributed by atoms with Gasteiger partial charge in [-0.05, 0) is 6.58 Å². The van der Waals surface area contributed by atoms with Crippen molar-refractivity contribution in [1.29, 1.82) is 0 Å². The molecule has 0 aliphatic rings. The van der Waals surface area contributed by atoms with Crippen molar-refractivity contribution in [3.05, 3.63) is 35.2 Å². The van der Waals surface area contributed by atoms with Crippen molar-refractivity contribution in [2.75, 3.05) is 20.0 Å². The van der Waals surface area contributed by atoms with Crippen LogP contribution in [0.1, 0.15) is 16.3 Å². The first-order valence-corrected chi connectivity index (χ1v) is 5.92. The Morgan fingerprint density at radius 3 is 2.57 bits per heavy atom. The van der Waals surface area contributed by atoms with Gasteiger partial charge in [-0.3, -0.25) is 0 Å².